The standard InChI is InChI=1S/C31H34Br2N2S/c32-20-9-3-1-7-18-31(19-8-2-4-10-21-33)27-14-6-5-12-25(27)26-17-16-23(22-28(26)31)24-13-11-15-29-30(24)35-36-34-29/h5-6,11-17,22H,1-4,7-10,18-21H2. The van der Waals surface area contributed by atoms with Crippen LogP contribution in [-0.2, 0) is 5.41 Å². The van der Waals surface area contributed by atoms with Crippen molar-refractivity contribution >= 4 is 54.6 Å². The Kier molecular flexibility index (Phi) is 8.92. The molecule has 0 fully saturated rings. The highest BCUT2D eigenvalue weighted by Crippen LogP contribution is 2.55. The Hall–Kier alpha value is -1.56. The van der Waals surface area contributed by atoms with Gasteiger partial charge >= 0.3 is 0 Å². The van der Waals surface area contributed by atoms with E-state index in [1.165, 1.54) is 104 Å². The molecule has 1 aliphatic rings. The lowest BCUT2D eigenvalue weighted by Crippen LogP contribution is -2.25. The zero-order chi connectivity index (χ0) is 24.8. The van der Waals surface area contributed by atoms with Crippen molar-refractivity contribution in [1.29, 1.82) is 0 Å². The molecule has 0 bridgehead atoms. The first-order chi connectivity index (χ1) is 17.8. The Labute approximate surface area is 236 Å². The normalized spacial score (nSPS) is 13.7. The Balaban J connectivity index is 1.56. The molecule has 0 atom stereocenters. The molecular weight excluding hydrogens is 592 g/mol. The number of nitrogens with zero attached hydrogens (tertiary/aromatic N) is 2. The molecule has 1 heterocycles. The predicted molar refractivity (Wildman–Crippen MR) is 163 cm³/mol. The van der Waals surface area contributed by atoms with Crippen molar-refractivity contribution in [2.24, 2.45) is 0 Å². The highest BCUT2D eigenvalue weighted by molar-refractivity contribution is 9.09. The number of hydrogen-bond donors (Lipinski definition) is 0. The van der Waals surface area contributed by atoms with E-state index in [0.717, 1.165) is 21.7 Å². The summed E-state index contributed by atoms with van der Waals surface area (Å²) in [7, 11) is 0. The quantitative estimate of drug-likeness (QED) is 0.109. The summed E-state index contributed by atoms with van der Waals surface area (Å²) >= 11 is 8.52. The van der Waals surface area contributed by atoms with Gasteiger partial charge in [-0.1, -0.05) is 119 Å². The SMILES string of the molecule is BrCCCCCCC1(CCCCCCBr)c2ccccc2-c2ccc(-c3cccc4nsnc34)cc21. The lowest BCUT2D eigenvalue weighted by Gasteiger charge is -2.33. The number of unbranched alkanes of at least 4 members (excludes halogenated alkanes) is 6. The van der Waals surface area contributed by atoms with Crippen molar-refractivity contribution < 1.29 is 0 Å². The Bertz CT molecular complexity index is 1280. The molecule has 0 aliphatic heterocycles. The molecule has 0 N–H and O–H groups in total. The van der Waals surface area contributed by atoms with Gasteiger partial charge in [-0.05, 0) is 65.6 Å². The number of halogens is 2. The summed E-state index contributed by atoms with van der Waals surface area (Å²) < 4.78 is 9.14. The van der Waals surface area contributed by atoms with Crippen LogP contribution in [-0.4, -0.2) is 19.4 Å². The van der Waals surface area contributed by atoms with Crippen LogP contribution >= 0.6 is 43.6 Å². The number of rotatable bonds is 13. The second-order valence-electron chi connectivity index (χ2n) is 10.0. The van der Waals surface area contributed by atoms with E-state index in [2.05, 4.69) is 101 Å². The largest absolute Gasteiger partial charge is 0.173 e. The molecule has 36 heavy (non-hydrogen) atoms. The van der Waals surface area contributed by atoms with Crippen molar-refractivity contribution in [3.8, 4) is 22.3 Å². The van der Waals surface area contributed by atoms with E-state index in [4.69, 9.17) is 0 Å². The van der Waals surface area contributed by atoms with Gasteiger partial charge in [-0.15, -0.1) is 0 Å². The third kappa shape index (κ3) is 5.21. The number of fused-ring (bicyclic) bond motifs is 4. The molecule has 0 radical (unpaired) electrons. The molecule has 5 rings (SSSR count). The van der Waals surface area contributed by atoms with E-state index in [1.807, 2.05) is 0 Å². The van der Waals surface area contributed by atoms with Crippen LogP contribution in [0.4, 0.5) is 0 Å². The summed E-state index contributed by atoms with van der Waals surface area (Å²) in [6.07, 6.45) is 12.8. The summed E-state index contributed by atoms with van der Waals surface area (Å²) in [6.45, 7) is 0. The summed E-state index contributed by atoms with van der Waals surface area (Å²) in [5, 5.41) is 2.22. The topological polar surface area (TPSA) is 25.8 Å². The lowest BCUT2D eigenvalue weighted by atomic mass is 9.70. The molecule has 0 saturated carbocycles. The highest BCUT2D eigenvalue weighted by atomic mass is 79.9. The van der Waals surface area contributed by atoms with E-state index in [1.54, 1.807) is 5.56 Å². The fourth-order valence-corrected chi connectivity index (χ4v) is 7.42. The average molecular weight is 627 g/mol. The monoisotopic (exact) mass is 624 g/mol. The summed E-state index contributed by atoms with van der Waals surface area (Å²) in [5.41, 5.74) is 10.5. The molecule has 2 nitrogen and oxygen atoms in total. The molecule has 0 unspecified atom stereocenters. The van der Waals surface area contributed by atoms with E-state index < -0.39 is 0 Å². The van der Waals surface area contributed by atoms with E-state index >= 15 is 0 Å². The van der Waals surface area contributed by atoms with E-state index in [-0.39, 0.29) is 5.41 Å². The van der Waals surface area contributed by atoms with Crippen LogP contribution in [0.2, 0.25) is 0 Å². The van der Waals surface area contributed by atoms with Gasteiger partial charge in [0.05, 0.1) is 11.7 Å². The number of aromatic nitrogens is 2. The smallest absolute Gasteiger partial charge is 0.112 e. The molecule has 0 amide bonds. The van der Waals surface area contributed by atoms with Crippen LogP contribution in [0.3, 0.4) is 0 Å². The van der Waals surface area contributed by atoms with Crippen LogP contribution in [0.1, 0.15) is 75.3 Å². The average Bonchev–Trinajstić information content (AvgIpc) is 3.50. The van der Waals surface area contributed by atoms with Crippen molar-refractivity contribution in [1.82, 2.24) is 8.75 Å². The third-order valence-electron chi connectivity index (χ3n) is 7.84. The van der Waals surface area contributed by atoms with Crippen LogP contribution in [0.15, 0.2) is 60.7 Å². The minimum absolute atomic E-state index is 0.0962. The molecule has 5 heteroatoms. The molecule has 1 aromatic heterocycles. The Morgan fingerprint density at radius 1 is 0.611 bits per heavy atom. The molecule has 0 saturated heterocycles. The molecule has 1 aliphatic carbocycles. The summed E-state index contributed by atoms with van der Waals surface area (Å²) in [4.78, 5) is 0. The van der Waals surface area contributed by atoms with E-state index in [9.17, 15) is 0 Å². The first-order valence-corrected chi connectivity index (χ1v) is 16.3. The van der Waals surface area contributed by atoms with Gasteiger partial charge in [-0.2, -0.15) is 8.75 Å². The van der Waals surface area contributed by atoms with Gasteiger partial charge in [0.2, 0.25) is 0 Å². The van der Waals surface area contributed by atoms with Crippen LogP contribution in [0, 0.1) is 0 Å². The van der Waals surface area contributed by atoms with Gasteiger partial charge < -0.3 is 0 Å². The van der Waals surface area contributed by atoms with Crippen molar-refractivity contribution in [3.63, 3.8) is 0 Å². The van der Waals surface area contributed by atoms with Crippen molar-refractivity contribution in [3.05, 3.63) is 71.8 Å². The predicted octanol–water partition coefficient (Wildman–Crippen LogP) is 10.3. The molecule has 0 spiro atoms. The maximum Gasteiger partial charge on any atom is 0.112 e. The highest BCUT2D eigenvalue weighted by Gasteiger charge is 2.42. The number of hydrogen-bond acceptors (Lipinski definition) is 3. The second-order valence-corrected chi connectivity index (χ2v) is 12.1. The third-order valence-corrected chi connectivity index (χ3v) is 9.50. The second kappa shape index (κ2) is 12.3. The zero-order valence-electron chi connectivity index (χ0n) is 20.8. The van der Waals surface area contributed by atoms with E-state index in [0.29, 0.717) is 0 Å². The fourth-order valence-electron chi connectivity index (χ4n) is 6.08. The maximum absolute atomic E-state index is 4.64. The van der Waals surface area contributed by atoms with Crippen LogP contribution < -0.4 is 0 Å². The van der Waals surface area contributed by atoms with Crippen molar-refractivity contribution in [2.75, 3.05) is 10.7 Å². The lowest BCUT2D eigenvalue weighted by molar-refractivity contribution is 0.401. The van der Waals surface area contributed by atoms with Gasteiger partial charge in [0.15, 0.2) is 0 Å². The Morgan fingerprint density at radius 3 is 2.03 bits per heavy atom. The first kappa shape index (κ1) is 26.1. The van der Waals surface area contributed by atoms with Gasteiger partial charge in [0, 0.05) is 21.6 Å². The zero-order valence-corrected chi connectivity index (χ0v) is 24.8. The Morgan fingerprint density at radius 2 is 1.28 bits per heavy atom. The number of benzene rings is 3. The summed E-state index contributed by atoms with van der Waals surface area (Å²) in [5.74, 6) is 0. The van der Waals surface area contributed by atoms with Crippen LogP contribution in [0.25, 0.3) is 33.3 Å². The van der Waals surface area contributed by atoms with Gasteiger partial charge in [-0.3, -0.25) is 0 Å². The molecule has 4 aromatic rings. The van der Waals surface area contributed by atoms with Gasteiger partial charge in [0.25, 0.3) is 0 Å². The van der Waals surface area contributed by atoms with Gasteiger partial charge in [0.1, 0.15) is 11.0 Å². The summed E-state index contributed by atoms with van der Waals surface area (Å²) in [6, 6.07) is 22.8. The molecule has 3 aromatic carbocycles. The molecular formula is C31H34Br2N2S. The first-order valence-electron chi connectivity index (χ1n) is 13.4. The number of alkyl halides is 2. The van der Waals surface area contributed by atoms with Crippen LogP contribution in [0.5, 0.6) is 0 Å². The molecule has 188 valence electrons. The fraction of sp³-hybridized carbons (Fsp3) is 0.419. The van der Waals surface area contributed by atoms with Crippen molar-refractivity contribution in [2.45, 2.75) is 69.6 Å². The maximum atomic E-state index is 4.64. The minimum atomic E-state index is 0.0962. The van der Waals surface area contributed by atoms with Gasteiger partial charge in [-0.25, -0.2) is 0 Å². The minimum Gasteiger partial charge on any atom is -0.173 e.